The summed E-state index contributed by atoms with van der Waals surface area (Å²) in [5.74, 6) is 0. The molecular formula is C49H64Cl2Zr-4. The van der Waals surface area contributed by atoms with Gasteiger partial charge in [0.15, 0.2) is 0 Å². The Bertz CT molecular complexity index is 1500. The van der Waals surface area contributed by atoms with Gasteiger partial charge in [-0.2, -0.15) is 95.6 Å². The molecule has 0 N–H and O–H groups in total. The Morgan fingerprint density at radius 3 is 1.56 bits per heavy atom. The second-order valence-electron chi connectivity index (χ2n) is 15.2. The first-order valence-corrected chi connectivity index (χ1v) is 20.3. The van der Waals surface area contributed by atoms with Crippen LogP contribution in [0, 0.1) is 38.1 Å². The van der Waals surface area contributed by atoms with Crippen LogP contribution >= 0.6 is 24.8 Å². The van der Waals surface area contributed by atoms with Crippen LogP contribution in [0.3, 0.4) is 0 Å². The molecule has 0 unspecified atom stereocenters. The zero-order valence-corrected chi connectivity index (χ0v) is 37.9. The number of benzene rings is 4. The second-order valence-corrected chi connectivity index (χ2v) is 15.2. The Kier molecular flexibility index (Phi) is 24.5. The van der Waals surface area contributed by atoms with Gasteiger partial charge in [-0.05, 0) is 35.4 Å². The van der Waals surface area contributed by atoms with Crippen molar-refractivity contribution in [2.45, 2.75) is 131 Å². The third-order valence-electron chi connectivity index (χ3n) is 8.88. The predicted molar refractivity (Wildman–Crippen MR) is 231 cm³/mol. The Morgan fingerprint density at radius 1 is 0.692 bits per heavy atom. The minimum absolute atomic E-state index is 0. The molecule has 0 atom stereocenters. The fraction of sp³-hybridized carbons (Fsp3) is 0.408. The van der Waals surface area contributed by atoms with Crippen LogP contribution in [0.4, 0.5) is 0 Å². The molecule has 0 fully saturated rings. The normalized spacial score (nSPS) is 11.6. The number of hydrogen-bond donors (Lipinski definition) is 0. The van der Waals surface area contributed by atoms with Crippen LogP contribution in [0.5, 0.6) is 0 Å². The molecule has 52 heavy (non-hydrogen) atoms. The monoisotopic (exact) mass is 812 g/mol. The quantitative estimate of drug-likeness (QED) is 0.150. The van der Waals surface area contributed by atoms with Gasteiger partial charge in [-0.1, -0.05) is 124 Å². The van der Waals surface area contributed by atoms with Gasteiger partial charge in [0.1, 0.15) is 0 Å². The molecule has 0 aromatic heterocycles. The van der Waals surface area contributed by atoms with Crippen molar-refractivity contribution in [1.82, 2.24) is 0 Å². The molecule has 0 saturated carbocycles. The van der Waals surface area contributed by atoms with Crippen molar-refractivity contribution < 1.29 is 24.2 Å². The summed E-state index contributed by atoms with van der Waals surface area (Å²) in [5, 5.41) is 0. The van der Waals surface area contributed by atoms with Crippen LogP contribution < -0.4 is 0 Å². The minimum atomic E-state index is 0. The van der Waals surface area contributed by atoms with E-state index in [2.05, 4.69) is 146 Å². The average Bonchev–Trinajstić information content (AvgIpc) is 3.79. The fourth-order valence-corrected chi connectivity index (χ4v) is 6.30. The first-order chi connectivity index (χ1) is 23.8. The fourth-order valence-electron chi connectivity index (χ4n) is 6.30. The van der Waals surface area contributed by atoms with Crippen molar-refractivity contribution in [1.29, 1.82) is 0 Å². The van der Waals surface area contributed by atoms with E-state index >= 15 is 0 Å². The van der Waals surface area contributed by atoms with Crippen LogP contribution in [-0.4, -0.2) is 4.21 Å². The molecular weight excluding hydrogens is 751 g/mol. The molecule has 4 aromatic carbocycles. The number of unbranched alkanes of at least 4 members (excludes halogenated alkanes) is 2. The van der Waals surface area contributed by atoms with E-state index in [0.29, 0.717) is 0 Å². The maximum absolute atomic E-state index is 3.69. The van der Waals surface area contributed by atoms with Crippen LogP contribution in [0.1, 0.15) is 132 Å². The number of aryl methyl sites for hydroxylation is 4. The van der Waals surface area contributed by atoms with Gasteiger partial charge < -0.3 is 0 Å². The summed E-state index contributed by atoms with van der Waals surface area (Å²) in [6, 6.07) is 33.4. The first kappa shape index (κ1) is 49.7. The molecule has 0 aliphatic heterocycles. The molecule has 2 aliphatic rings. The van der Waals surface area contributed by atoms with Gasteiger partial charge in [-0.15, -0.1) is 47.9 Å². The van der Waals surface area contributed by atoms with E-state index in [-0.39, 0.29) is 35.6 Å². The number of fused-ring (bicyclic) bond motifs is 3. The Balaban J connectivity index is 0.000000747. The molecule has 3 heteroatoms. The molecule has 0 amide bonds. The number of allylic oxidation sites excluding steroid dienone is 4. The standard InChI is InChI=1S/C23H29.2C10H13.C5H5.CH2.2ClH.Zr/c1-14-9-16-11-17-10-15(2)21(23(6,7)8)13-19(17)18(16)12-20(14)22(3,4)5;2*1-2-3-7-10-8-5-4-6-9-10;1-2-4-5-3-1;;;;/h9,12-13H,11H2,1-8H3;2*5-6,8-9H,2-3,7H2,1H3;1-3H,4H2;1H2;2*1H;/q4*-1;;;;. The first-order valence-electron chi connectivity index (χ1n) is 18.5. The molecule has 2 aliphatic carbocycles. The zero-order valence-electron chi connectivity index (χ0n) is 33.8. The number of hydrogen-bond acceptors (Lipinski definition) is 0. The zero-order chi connectivity index (χ0) is 37.2. The SMILES string of the molecule is CCCCc1cc[c-]cc1.CCCCc1cc[c-]cc1.Cc1[c-]c2c(cc1C(C)(C)C)-c1cc(C(C)(C)C)c(C)cc1C2.Cl.Cl.[C-]1=CC=CC1.[CH2]=[Zr]. The van der Waals surface area contributed by atoms with E-state index in [0.717, 1.165) is 12.8 Å². The molecule has 0 nitrogen and oxygen atoms in total. The summed E-state index contributed by atoms with van der Waals surface area (Å²) < 4.78 is 3.34. The Hall–Kier alpha value is -2.31. The van der Waals surface area contributed by atoms with E-state index in [1.54, 1.807) is 0 Å². The van der Waals surface area contributed by atoms with Gasteiger partial charge in [-0.3, -0.25) is 6.08 Å². The summed E-state index contributed by atoms with van der Waals surface area (Å²) in [7, 11) is 0. The van der Waals surface area contributed by atoms with E-state index in [9.17, 15) is 0 Å². The summed E-state index contributed by atoms with van der Waals surface area (Å²) in [6.45, 7) is 22.7. The molecule has 6 rings (SSSR count). The van der Waals surface area contributed by atoms with Gasteiger partial charge in [0, 0.05) is 0 Å². The summed E-state index contributed by atoms with van der Waals surface area (Å²) in [5.41, 5.74) is 14.5. The summed E-state index contributed by atoms with van der Waals surface area (Å²) in [6.07, 6.45) is 18.6. The van der Waals surface area contributed by atoms with Crippen LogP contribution in [0.25, 0.3) is 11.1 Å². The third-order valence-corrected chi connectivity index (χ3v) is 8.88. The van der Waals surface area contributed by atoms with Crippen molar-refractivity contribution in [2.24, 2.45) is 0 Å². The van der Waals surface area contributed by atoms with E-state index in [4.69, 9.17) is 0 Å². The Labute approximate surface area is 347 Å². The second kappa shape index (κ2) is 25.7. The van der Waals surface area contributed by atoms with Crippen LogP contribution in [0.15, 0.2) is 85.0 Å². The number of rotatable bonds is 6. The summed E-state index contributed by atoms with van der Waals surface area (Å²) >= 11 is 1.30. The molecule has 0 bridgehead atoms. The van der Waals surface area contributed by atoms with Gasteiger partial charge in [-0.25, -0.2) is 12.2 Å². The molecule has 0 heterocycles. The van der Waals surface area contributed by atoms with E-state index in [1.807, 2.05) is 36.4 Å². The van der Waals surface area contributed by atoms with Crippen LogP contribution in [-0.2, 0) is 54.3 Å². The summed E-state index contributed by atoms with van der Waals surface area (Å²) in [4.78, 5) is 0. The molecule has 0 saturated heterocycles. The van der Waals surface area contributed by atoms with Crippen molar-refractivity contribution in [3.8, 4) is 11.1 Å². The molecule has 4 aromatic rings. The van der Waals surface area contributed by atoms with Crippen molar-refractivity contribution >= 4 is 29.0 Å². The van der Waals surface area contributed by atoms with Crippen molar-refractivity contribution in [2.75, 3.05) is 0 Å². The van der Waals surface area contributed by atoms with Gasteiger partial charge in [0.25, 0.3) is 0 Å². The third kappa shape index (κ3) is 16.8. The predicted octanol–water partition coefficient (Wildman–Crippen LogP) is 14.0. The molecule has 282 valence electrons. The van der Waals surface area contributed by atoms with Gasteiger partial charge in [0.05, 0.1) is 0 Å². The maximum atomic E-state index is 3.69. The molecule has 0 radical (unpaired) electrons. The Morgan fingerprint density at radius 2 is 1.17 bits per heavy atom. The van der Waals surface area contributed by atoms with Gasteiger partial charge >= 0.3 is 28.4 Å². The van der Waals surface area contributed by atoms with Crippen molar-refractivity contribution in [3.05, 3.63) is 154 Å². The average molecular weight is 815 g/mol. The van der Waals surface area contributed by atoms with E-state index < -0.39 is 0 Å². The number of halogens is 2. The topological polar surface area (TPSA) is 0 Å². The van der Waals surface area contributed by atoms with Gasteiger partial charge in [0.2, 0.25) is 0 Å². The van der Waals surface area contributed by atoms with Crippen molar-refractivity contribution in [3.63, 3.8) is 0 Å². The molecule has 0 spiro atoms. The van der Waals surface area contributed by atoms with E-state index in [1.165, 1.54) is 118 Å². The van der Waals surface area contributed by atoms with Crippen LogP contribution in [0.2, 0.25) is 0 Å².